The molecular formula is C30H37F3N8O4S. The number of aromatic nitrogens is 4. The van der Waals surface area contributed by atoms with Crippen LogP contribution in [0.2, 0.25) is 0 Å². The highest BCUT2D eigenvalue weighted by atomic mass is 32.1. The normalized spacial score (nSPS) is 22.9. The average Bonchev–Trinajstić information content (AvgIpc) is 3.45. The molecule has 4 heterocycles. The monoisotopic (exact) mass is 662 g/mol. The van der Waals surface area contributed by atoms with Gasteiger partial charge in [0.15, 0.2) is 22.2 Å². The maximum absolute atomic E-state index is 14.1. The van der Waals surface area contributed by atoms with Crippen LogP contribution in [0.25, 0.3) is 10.3 Å². The summed E-state index contributed by atoms with van der Waals surface area (Å²) in [5, 5.41) is 13.8. The molecule has 0 radical (unpaired) electrons. The number of piperazine rings is 1. The zero-order valence-electron chi connectivity index (χ0n) is 26.1. The fourth-order valence-corrected chi connectivity index (χ4v) is 8.01. The van der Waals surface area contributed by atoms with Gasteiger partial charge in [0.05, 0.1) is 11.6 Å². The van der Waals surface area contributed by atoms with Crippen LogP contribution in [0, 0.1) is 24.7 Å². The zero-order valence-corrected chi connectivity index (χ0v) is 26.9. The molecule has 1 aliphatic heterocycles. The molecule has 0 spiro atoms. The second kappa shape index (κ2) is 12.0. The van der Waals surface area contributed by atoms with E-state index in [9.17, 15) is 32.7 Å². The molecule has 4 fully saturated rings. The Balaban J connectivity index is 1.28. The fourth-order valence-electron chi connectivity index (χ4n) is 7.08. The lowest BCUT2D eigenvalue weighted by Gasteiger charge is -2.51. The van der Waals surface area contributed by atoms with Crippen molar-refractivity contribution >= 4 is 44.3 Å². The number of fused-ring (bicyclic) bond motifs is 3. The third-order valence-electron chi connectivity index (χ3n) is 9.61. The highest BCUT2D eigenvalue weighted by Gasteiger charge is 2.56. The van der Waals surface area contributed by atoms with Crippen LogP contribution >= 0.6 is 11.3 Å². The minimum Gasteiger partial charge on any atom is -0.504 e. The van der Waals surface area contributed by atoms with E-state index in [4.69, 9.17) is 4.98 Å². The summed E-state index contributed by atoms with van der Waals surface area (Å²) < 4.78 is 43.1. The number of anilines is 2. The van der Waals surface area contributed by atoms with E-state index in [0.717, 1.165) is 0 Å². The van der Waals surface area contributed by atoms with Crippen LogP contribution < -0.4 is 20.5 Å². The second-order valence-corrected chi connectivity index (χ2v) is 13.6. The number of nitrogens with one attached hydrogen (secondary N) is 1. The number of thiazole rings is 1. The number of carbonyl (C=O) groups excluding carboxylic acids is 2. The summed E-state index contributed by atoms with van der Waals surface area (Å²) in [5.41, 5.74) is 1.36. The van der Waals surface area contributed by atoms with Gasteiger partial charge in [0.25, 0.3) is 5.91 Å². The van der Waals surface area contributed by atoms with Crippen LogP contribution in [-0.2, 0) is 17.8 Å². The van der Waals surface area contributed by atoms with Crippen LogP contribution in [0.3, 0.4) is 0 Å². The predicted molar refractivity (Wildman–Crippen MR) is 166 cm³/mol. The number of pyridine rings is 1. The first-order chi connectivity index (χ1) is 21.8. The Labute approximate surface area is 267 Å². The van der Waals surface area contributed by atoms with E-state index >= 15 is 0 Å². The topological polar surface area (TPSA) is 137 Å². The van der Waals surface area contributed by atoms with Gasteiger partial charge in [-0.05, 0) is 44.4 Å². The van der Waals surface area contributed by atoms with Crippen LogP contribution in [0.4, 0.5) is 24.0 Å². The molecule has 4 aliphatic rings. The van der Waals surface area contributed by atoms with Gasteiger partial charge >= 0.3 is 6.18 Å². The Morgan fingerprint density at radius 3 is 2.43 bits per heavy atom. The average molecular weight is 663 g/mol. The summed E-state index contributed by atoms with van der Waals surface area (Å²) >= 11 is 1.21. The van der Waals surface area contributed by atoms with Gasteiger partial charge in [-0.1, -0.05) is 18.3 Å². The Bertz CT molecular complexity index is 1730. The minimum absolute atomic E-state index is 0.0367. The number of rotatable bonds is 7. The smallest absolute Gasteiger partial charge is 0.392 e. The lowest BCUT2D eigenvalue weighted by atomic mass is 9.57. The van der Waals surface area contributed by atoms with Crippen molar-refractivity contribution in [2.75, 3.05) is 50.1 Å². The van der Waals surface area contributed by atoms with E-state index in [2.05, 4.69) is 15.3 Å². The van der Waals surface area contributed by atoms with Crippen molar-refractivity contribution < 1.29 is 27.9 Å². The standard InChI is InChI=1S/C30H37F3N8O4S/c1-5-20-23(39-6-8-40(9-7-39)28(45)22-24(43)15(2)34-14-35-22)25(44)26-27(37-29(46-26)38(3)4)41(20)13-21(42)36-19-12-18(30(31,32)33)16-10-17(19)11-16/h14,16-19,43H,5-13H2,1-4H3,(H,36,42). The summed E-state index contributed by atoms with van der Waals surface area (Å²) in [6.45, 7) is 4.42. The first-order valence-electron chi connectivity index (χ1n) is 15.4. The number of aryl methyl sites for hydroxylation is 1. The van der Waals surface area contributed by atoms with Crippen LogP contribution in [0.5, 0.6) is 5.75 Å². The molecule has 2 amide bonds. The first-order valence-corrected chi connectivity index (χ1v) is 16.2. The van der Waals surface area contributed by atoms with E-state index in [1.807, 2.05) is 11.8 Å². The third-order valence-corrected chi connectivity index (χ3v) is 10.8. The van der Waals surface area contributed by atoms with Crippen LogP contribution in [-0.4, -0.2) is 93.8 Å². The highest BCUT2D eigenvalue weighted by molar-refractivity contribution is 7.22. The van der Waals surface area contributed by atoms with E-state index in [-0.39, 0.29) is 54.8 Å². The van der Waals surface area contributed by atoms with Crippen molar-refractivity contribution in [3.63, 3.8) is 0 Å². The van der Waals surface area contributed by atoms with Crippen molar-refractivity contribution in [3.05, 3.63) is 33.6 Å². The molecule has 2 atom stereocenters. The number of hydrogen-bond acceptors (Lipinski definition) is 10. The zero-order chi connectivity index (χ0) is 33.1. The predicted octanol–water partition coefficient (Wildman–Crippen LogP) is 2.95. The van der Waals surface area contributed by atoms with Crippen molar-refractivity contribution in [2.24, 2.45) is 17.8 Å². The minimum atomic E-state index is -4.29. The van der Waals surface area contributed by atoms with Gasteiger partial charge in [-0.25, -0.2) is 15.0 Å². The van der Waals surface area contributed by atoms with Crippen LogP contribution in [0.15, 0.2) is 11.1 Å². The molecule has 1 saturated heterocycles. The molecule has 3 aromatic rings. The molecular weight excluding hydrogens is 625 g/mol. The Morgan fingerprint density at radius 2 is 1.80 bits per heavy atom. The largest absolute Gasteiger partial charge is 0.504 e. The maximum atomic E-state index is 14.1. The number of amides is 2. The summed E-state index contributed by atoms with van der Waals surface area (Å²) in [4.78, 5) is 58.5. The Morgan fingerprint density at radius 1 is 1.11 bits per heavy atom. The molecule has 2 bridgehead atoms. The summed E-state index contributed by atoms with van der Waals surface area (Å²) in [7, 11) is 3.61. The molecule has 3 aliphatic carbocycles. The fraction of sp³-hybridized carbons (Fsp3) is 0.600. The molecule has 2 N–H and O–H groups in total. The van der Waals surface area contributed by atoms with Crippen molar-refractivity contribution in [1.82, 2.24) is 29.7 Å². The molecule has 248 valence electrons. The summed E-state index contributed by atoms with van der Waals surface area (Å²) in [6, 6.07) is -0.556. The number of nitrogens with zero attached hydrogens (tertiary/aromatic N) is 7. The van der Waals surface area contributed by atoms with Gasteiger partial charge in [-0.3, -0.25) is 14.4 Å². The lowest BCUT2D eigenvalue weighted by molar-refractivity contribution is -0.220. The molecule has 0 aromatic carbocycles. The number of carbonyl (C=O) groups is 2. The van der Waals surface area contributed by atoms with E-state index in [0.29, 0.717) is 64.9 Å². The van der Waals surface area contributed by atoms with Gasteiger partial charge in [0, 0.05) is 52.0 Å². The summed E-state index contributed by atoms with van der Waals surface area (Å²) in [6.07, 6.45) is -1.87. The quantitative estimate of drug-likeness (QED) is 0.392. The van der Waals surface area contributed by atoms with E-state index in [1.165, 1.54) is 17.7 Å². The summed E-state index contributed by atoms with van der Waals surface area (Å²) in [5.74, 6) is -2.86. The van der Waals surface area contributed by atoms with Crippen molar-refractivity contribution in [2.45, 2.75) is 58.3 Å². The van der Waals surface area contributed by atoms with Gasteiger partial charge in [-0.2, -0.15) is 13.2 Å². The molecule has 7 rings (SSSR count). The molecule has 46 heavy (non-hydrogen) atoms. The van der Waals surface area contributed by atoms with Crippen molar-refractivity contribution in [3.8, 4) is 5.75 Å². The highest BCUT2D eigenvalue weighted by Crippen LogP contribution is 2.54. The molecule has 2 unspecified atom stereocenters. The van der Waals surface area contributed by atoms with Crippen molar-refractivity contribution in [1.29, 1.82) is 0 Å². The van der Waals surface area contributed by atoms with Gasteiger partial charge in [-0.15, -0.1) is 0 Å². The molecule has 16 heteroatoms. The Kier molecular flexibility index (Phi) is 8.36. The van der Waals surface area contributed by atoms with Gasteiger partial charge in [0.1, 0.15) is 23.3 Å². The molecule has 3 saturated carbocycles. The SMILES string of the molecule is CCc1c(N2CCN(C(=O)c3ncnc(C)c3O)CC2)c(=O)c2sc(N(C)C)nc2n1CC(=O)NC1CC(C(F)(F)F)C2CC1C2. The maximum Gasteiger partial charge on any atom is 0.392 e. The number of halogens is 3. The second-order valence-electron chi connectivity index (χ2n) is 12.6. The van der Waals surface area contributed by atoms with Gasteiger partial charge in [0.2, 0.25) is 11.3 Å². The van der Waals surface area contributed by atoms with E-state index < -0.39 is 30.0 Å². The lowest BCUT2D eigenvalue weighted by Crippen LogP contribution is -2.56. The molecule has 12 nitrogen and oxygen atoms in total. The van der Waals surface area contributed by atoms with Crippen LogP contribution in [0.1, 0.15) is 48.1 Å². The van der Waals surface area contributed by atoms with Gasteiger partial charge < -0.3 is 29.7 Å². The molecule has 3 aromatic heterocycles. The number of alkyl halides is 3. The number of aromatic hydroxyl groups is 1. The van der Waals surface area contributed by atoms with E-state index in [1.54, 1.807) is 35.4 Å². The first kappa shape index (κ1) is 32.0. The third kappa shape index (κ3) is 5.64. The number of hydrogen-bond donors (Lipinski definition) is 2. The Hall–Kier alpha value is -3.95.